The number of aryl methyl sites for hydroxylation is 1. The molecule has 14 heavy (non-hydrogen) atoms. The van der Waals surface area contributed by atoms with Crippen LogP contribution in [0.25, 0.3) is 0 Å². The van der Waals surface area contributed by atoms with E-state index in [2.05, 4.69) is 23.6 Å². The number of nitrogens with one attached hydrogen (secondary N) is 1. The smallest absolute Gasteiger partial charge is 0.0522 e. The Morgan fingerprint density at radius 1 is 1.71 bits per heavy atom. The summed E-state index contributed by atoms with van der Waals surface area (Å²) in [4.78, 5) is 0. The molecular weight excluding hydrogens is 176 g/mol. The molecule has 1 aliphatic rings. The Balaban J connectivity index is 2.01. The second-order valence-electron chi connectivity index (χ2n) is 4.60. The van der Waals surface area contributed by atoms with Crippen molar-refractivity contribution in [3.8, 4) is 0 Å². The third kappa shape index (κ3) is 1.81. The first-order chi connectivity index (χ1) is 6.64. The van der Waals surface area contributed by atoms with Gasteiger partial charge in [-0.1, -0.05) is 6.92 Å². The quantitative estimate of drug-likeness (QED) is 0.545. The minimum Gasteiger partial charge on any atom is -0.276 e. The molecule has 3 N–H and O–H groups in total. The maximum atomic E-state index is 5.58. The fourth-order valence-corrected chi connectivity index (χ4v) is 1.87. The number of hydrogen-bond acceptors (Lipinski definition) is 3. The van der Waals surface area contributed by atoms with Gasteiger partial charge in [0.15, 0.2) is 0 Å². The summed E-state index contributed by atoms with van der Waals surface area (Å²) in [6.45, 7) is 2.29. The summed E-state index contributed by atoms with van der Waals surface area (Å²) < 4.78 is 1.83. The van der Waals surface area contributed by atoms with Crippen LogP contribution in [0.3, 0.4) is 0 Å². The van der Waals surface area contributed by atoms with E-state index in [1.54, 1.807) is 0 Å². The highest BCUT2D eigenvalue weighted by molar-refractivity contribution is 5.10. The Kier molecular flexibility index (Phi) is 2.33. The topological polar surface area (TPSA) is 55.9 Å². The zero-order valence-electron chi connectivity index (χ0n) is 8.83. The van der Waals surface area contributed by atoms with E-state index in [9.17, 15) is 0 Å². The molecule has 0 spiro atoms. The SMILES string of the molecule is Cn1cc(CC(NN)C2(C)CC2)cn1. The van der Waals surface area contributed by atoms with Gasteiger partial charge in [0, 0.05) is 19.3 Å². The molecule has 1 aliphatic carbocycles. The van der Waals surface area contributed by atoms with Gasteiger partial charge in [-0.3, -0.25) is 16.0 Å². The van der Waals surface area contributed by atoms with E-state index in [4.69, 9.17) is 5.84 Å². The fourth-order valence-electron chi connectivity index (χ4n) is 1.87. The molecule has 0 aliphatic heterocycles. The van der Waals surface area contributed by atoms with Gasteiger partial charge in [0.25, 0.3) is 0 Å². The van der Waals surface area contributed by atoms with Crippen molar-refractivity contribution in [2.45, 2.75) is 32.2 Å². The average molecular weight is 194 g/mol. The van der Waals surface area contributed by atoms with Crippen molar-refractivity contribution >= 4 is 0 Å². The van der Waals surface area contributed by atoms with Crippen molar-refractivity contribution in [2.24, 2.45) is 18.3 Å². The number of aromatic nitrogens is 2. The second kappa shape index (κ2) is 3.37. The molecular formula is C10H18N4. The molecule has 0 radical (unpaired) electrons. The molecule has 0 bridgehead atoms. The Bertz CT molecular complexity index is 314. The predicted octanol–water partition coefficient (Wildman–Crippen LogP) is 0.595. The van der Waals surface area contributed by atoms with Crippen LogP contribution in [0.5, 0.6) is 0 Å². The summed E-state index contributed by atoms with van der Waals surface area (Å²) in [5.74, 6) is 5.58. The molecule has 1 aromatic rings. The maximum absolute atomic E-state index is 5.58. The lowest BCUT2D eigenvalue weighted by atomic mass is 9.94. The molecule has 1 unspecified atom stereocenters. The number of hydrazine groups is 1. The van der Waals surface area contributed by atoms with Gasteiger partial charge in [0.1, 0.15) is 0 Å². The normalized spacial score (nSPS) is 20.8. The lowest BCUT2D eigenvalue weighted by molar-refractivity contribution is 0.359. The molecule has 1 heterocycles. The maximum Gasteiger partial charge on any atom is 0.0522 e. The minimum absolute atomic E-state index is 0.381. The van der Waals surface area contributed by atoms with Gasteiger partial charge in [-0.15, -0.1) is 0 Å². The zero-order chi connectivity index (χ0) is 10.2. The van der Waals surface area contributed by atoms with Crippen molar-refractivity contribution < 1.29 is 0 Å². The third-order valence-electron chi connectivity index (χ3n) is 3.28. The molecule has 0 saturated heterocycles. The summed E-state index contributed by atoms with van der Waals surface area (Å²) in [5, 5.41) is 4.15. The lowest BCUT2D eigenvalue weighted by Gasteiger charge is -2.21. The van der Waals surface area contributed by atoms with E-state index in [1.165, 1.54) is 18.4 Å². The second-order valence-corrected chi connectivity index (χ2v) is 4.60. The van der Waals surface area contributed by atoms with E-state index in [-0.39, 0.29) is 0 Å². The largest absolute Gasteiger partial charge is 0.276 e. The molecule has 2 rings (SSSR count). The molecule has 4 nitrogen and oxygen atoms in total. The summed E-state index contributed by atoms with van der Waals surface area (Å²) in [6.07, 6.45) is 7.50. The average Bonchev–Trinajstić information content (AvgIpc) is 2.76. The van der Waals surface area contributed by atoms with Crippen LogP contribution in [0, 0.1) is 5.41 Å². The lowest BCUT2D eigenvalue weighted by Crippen LogP contribution is -2.42. The van der Waals surface area contributed by atoms with E-state index in [1.807, 2.05) is 17.9 Å². The summed E-state index contributed by atoms with van der Waals surface area (Å²) in [7, 11) is 1.94. The molecule has 1 fully saturated rings. The standard InChI is InChI=1S/C10H18N4/c1-10(3-4-10)9(13-11)5-8-6-12-14(2)7-8/h6-7,9,13H,3-5,11H2,1-2H3. The first-order valence-corrected chi connectivity index (χ1v) is 5.08. The van der Waals surface area contributed by atoms with Gasteiger partial charge in [-0.2, -0.15) is 5.10 Å². The number of nitrogens with two attached hydrogens (primary N) is 1. The van der Waals surface area contributed by atoms with Gasteiger partial charge in [-0.05, 0) is 30.2 Å². The Hall–Kier alpha value is -0.870. The van der Waals surface area contributed by atoms with Crippen LogP contribution < -0.4 is 11.3 Å². The van der Waals surface area contributed by atoms with E-state index in [0.717, 1.165) is 6.42 Å². The first-order valence-electron chi connectivity index (χ1n) is 5.08. The highest BCUT2D eigenvalue weighted by Gasteiger charge is 2.44. The summed E-state index contributed by atoms with van der Waals surface area (Å²) in [6, 6.07) is 0.381. The molecule has 0 amide bonds. The molecule has 1 atom stereocenters. The van der Waals surface area contributed by atoms with Gasteiger partial charge < -0.3 is 0 Å². The Morgan fingerprint density at radius 2 is 2.43 bits per heavy atom. The highest BCUT2D eigenvalue weighted by atomic mass is 15.3. The van der Waals surface area contributed by atoms with Gasteiger partial charge in [-0.25, -0.2) is 0 Å². The van der Waals surface area contributed by atoms with Crippen molar-refractivity contribution in [1.82, 2.24) is 15.2 Å². The van der Waals surface area contributed by atoms with E-state index in [0.29, 0.717) is 11.5 Å². The van der Waals surface area contributed by atoms with Crippen molar-refractivity contribution in [3.05, 3.63) is 18.0 Å². The summed E-state index contributed by atoms with van der Waals surface area (Å²) in [5.41, 5.74) is 4.59. The Labute approximate surface area is 84.4 Å². The zero-order valence-corrected chi connectivity index (χ0v) is 8.83. The first kappa shape index (κ1) is 9.68. The van der Waals surface area contributed by atoms with E-state index < -0.39 is 0 Å². The molecule has 4 heteroatoms. The Morgan fingerprint density at radius 3 is 2.86 bits per heavy atom. The number of hydrogen-bond donors (Lipinski definition) is 2. The van der Waals surface area contributed by atoms with Crippen LogP contribution in [0.2, 0.25) is 0 Å². The van der Waals surface area contributed by atoms with Crippen molar-refractivity contribution in [2.75, 3.05) is 0 Å². The van der Waals surface area contributed by atoms with Crippen molar-refractivity contribution in [1.29, 1.82) is 0 Å². The van der Waals surface area contributed by atoms with Crippen molar-refractivity contribution in [3.63, 3.8) is 0 Å². The fraction of sp³-hybridized carbons (Fsp3) is 0.700. The minimum atomic E-state index is 0.381. The van der Waals surface area contributed by atoms with E-state index >= 15 is 0 Å². The molecule has 1 aromatic heterocycles. The van der Waals surface area contributed by atoms with Crippen LogP contribution >= 0.6 is 0 Å². The summed E-state index contributed by atoms with van der Waals surface area (Å²) >= 11 is 0. The molecule has 1 saturated carbocycles. The van der Waals surface area contributed by atoms with Crippen LogP contribution in [-0.4, -0.2) is 15.8 Å². The van der Waals surface area contributed by atoms with Crippen LogP contribution in [0.1, 0.15) is 25.3 Å². The van der Waals surface area contributed by atoms with Crippen LogP contribution in [-0.2, 0) is 13.5 Å². The van der Waals surface area contributed by atoms with Gasteiger partial charge in [0.2, 0.25) is 0 Å². The molecule has 0 aromatic carbocycles. The van der Waals surface area contributed by atoms with Crippen LogP contribution in [0.15, 0.2) is 12.4 Å². The highest BCUT2D eigenvalue weighted by Crippen LogP contribution is 2.48. The monoisotopic (exact) mass is 194 g/mol. The van der Waals surface area contributed by atoms with Crippen LogP contribution in [0.4, 0.5) is 0 Å². The predicted molar refractivity (Wildman–Crippen MR) is 55.4 cm³/mol. The van der Waals surface area contributed by atoms with Gasteiger partial charge >= 0.3 is 0 Å². The third-order valence-corrected chi connectivity index (χ3v) is 3.28. The van der Waals surface area contributed by atoms with Gasteiger partial charge in [0.05, 0.1) is 6.20 Å². The molecule has 78 valence electrons. The number of rotatable bonds is 4. The number of nitrogens with zero attached hydrogens (tertiary/aromatic N) is 2.